The first-order valence-corrected chi connectivity index (χ1v) is 11.1. The van der Waals surface area contributed by atoms with E-state index in [2.05, 4.69) is 30.3 Å². The number of nitrogens with zero attached hydrogens (tertiary/aromatic N) is 6. The normalized spacial score (nSPS) is 28.3. The minimum Gasteiger partial charge on any atom is -0.347 e. The third-order valence-corrected chi connectivity index (χ3v) is 5.94. The summed E-state index contributed by atoms with van der Waals surface area (Å²) >= 11 is 0. The molecule has 3 fully saturated rings. The molecule has 0 aromatic carbocycles. The highest BCUT2D eigenvalue weighted by Gasteiger charge is 2.49. The number of aromatic nitrogens is 4. The molecule has 3 N–H and O–H groups in total. The summed E-state index contributed by atoms with van der Waals surface area (Å²) in [6.07, 6.45) is 1.03. The molecule has 4 rings (SSSR count). The van der Waals surface area contributed by atoms with Gasteiger partial charge in [-0.25, -0.2) is 4.79 Å². The average Bonchev–Trinajstić information content (AvgIpc) is 3.41. The summed E-state index contributed by atoms with van der Waals surface area (Å²) in [5.41, 5.74) is 0. The van der Waals surface area contributed by atoms with Crippen LogP contribution in [-0.4, -0.2) is 98.6 Å². The number of carbonyl (C=O) groups is 3. The summed E-state index contributed by atoms with van der Waals surface area (Å²) < 4.78 is 35.0. The van der Waals surface area contributed by atoms with Crippen molar-refractivity contribution in [3.05, 3.63) is 5.82 Å². The lowest BCUT2D eigenvalue weighted by Gasteiger charge is -2.29. The molecule has 3 aliphatic heterocycles. The van der Waals surface area contributed by atoms with E-state index < -0.39 is 40.5 Å². The molecule has 31 heavy (non-hydrogen) atoms. The van der Waals surface area contributed by atoms with Gasteiger partial charge in [0.2, 0.25) is 5.91 Å². The predicted molar refractivity (Wildman–Crippen MR) is 99.4 cm³/mol. The quantitative estimate of drug-likeness (QED) is 0.368. The van der Waals surface area contributed by atoms with Crippen LogP contribution in [0.2, 0.25) is 0 Å². The van der Waals surface area contributed by atoms with Crippen LogP contribution in [0.3, 0.4) is 0 Å². The van der Waals surface area contributed by atoms with Crippen LogP contribution in [-0.2, 0) is 24.3 Å². The van der Waals surface area contributed by atoms with Crippen LogP contribution in [0, 0.1) is 6.92 Å². The smallest absolute Gasteiger partial charge is 0.347 e. The number of Topliss-reactive ketones (excluding diaryl/α,β-unsaturated/α-hetero) is 1. The van der Waals surface area contributed by atoms with Crippen molar-refractivity contribution < 1.29 is 31.6 Å². The molecule has 2 bridgehead atoms. The number of amides is 3. The van der Waals surface area contributed by atoms with Gasteiger partial charge >= 0.3 is 16.4 Å². The number of aryl methyl sites for hydroxylation is 1. The number of fused-ring (bicyclic) bond motifs is 2. The predicted octanol–water partition coefficient (Wildman–Crippen LogP) is -2.43. The lowest BCUT2D eigenvalue weighted by atomic mass is 10.00. The number of hydrogen-bond donors (Lipinski definition) is 3. The van der Waals surface area contributed by atoms with Crippen molar-refractivity contribution in [3.63, 3.8) is 0 Å². The van der Waals surface area contributed by atoms with Gasteiger partial charge in [-0.2, -0.15) is 18.3 Å². The van der Waals surface area contributed by atoms with E-state index in [0.717, 1.165) is 0 Å². The Balaban J connectivity index is 1.29. The Kier molecular flexibility index (Phi) is 5.63. The molecule has 170 valence electrons. The standard InChI is InChI=1S/C15H22N8O7S/c1-8-18-20-23(19-8)10-4-11(16-5-10)13(24)6-17-14(25)12-3-2-9-7-21(12)15(26)22(9)30-31(27,28)29/h9-12,16H,2-7H2,1H3,(H,17,25)(H,27,28,29)/t9-,10+,11+,12+/m1/s1. The third-order valence-electron chi connectivity index (χ3n) is 5.59. The van der Waals surface area contributed by atoms with Crippen molar-refractivity contribution in [3.8, 4) is 0 Å². The Bertz CT molecular complexity index is 997. The largest absolute Gasteiger partial charge is 0.418 e. The van der Waals surface area contributed by atoms with Crippen LogP contribution in [0.1, 0.15) is 31.1 Å². The number of carbonyl (C=O) groups excluding carboxylic acids is 3. The van der Waals surface area contributed by atoms with E-state index in [1.54, 1.807) is 6.92 Å². The first-order valence-electron chi connectivity index (χ1n) is 9.69. The zero-order chi connectivity index (χ0) is 22.3. The van der Waals surface area contributed by atoms with Gasteiger partial charge in [-0.1, -0.05) is 0 Å². The van der Waals surface area contributed by atoms with Gasteiger partial charge in [-0.3, -0.25) is 14.1 Å². The van der Waals surface area contributed by atoms with Crippen LogP contribution in [0.4, 0.5) is 4.79 Å². The summed E-state index contributed by atoms with van der Waals surface area (Å²) in [6, 6.07) is -2.87. The zero-order valence-electron chi connectivity index (χ0n) is 16.5. The number of nitrogens with one attached hydrogen (secondary N) is 2. The molecule has 0 aliphatic carbocycles. The molecule has 4 atom stereocenters. The SMILES string of the molecule is Cc1nnn([C@@H]2CN[C@H](C(=O)CNC(=O)[C@@H]3CC[C@@H]4CN3C(=O)N4OS(=O)(=O)O)C2)n1. The van der Waals surface area contributed by atoms with Crippen molar-refractivity contribution in [2.45, 2.75) is 50.4 Å². The summed E-state index contributed by atoms with van der Waals surface area (Å²) in [6.45, 7) is 2.07. The van der Waals surface area contributed by atoms with Gasteiger partial charge in [-0.05, 0) is 31.4 Å². The van der Waals surface area contributed by atoms with E-state index in [4.69, 9.17) is 4.55 Å². The third kappa shape index (κ3) is 4.51. The summed E-state index contributed by atoms with van der Waals surface area (Å²) in [5.74, 6) is -0.198. The van der Waals surface area contributed by atoms with Gasteiger partial charge in [-0.15, -0.1) is 14.5 Å². The second kappa shape index (κ2) is 8.10. The van der Waals surface area contributed by atoms with Crippen molar-refractivity contribution in [1.29, 1.82) is 0 Å². The maximum Gasteiger partial charge on any atom is 0.418 e. The molecular formula is C15H22N8O7S. The van der Waals surface area contributed by atoms with Crippen molar-refractivity contribution in [2.75, 3.05) is 19.6 Å². The van der Waals surface area contributed by atoms with E-state index in [-0.39, 0.29) is 31.3 Å². The van der Waals surface area contributed by atoms with Gasteiger partial charge in [0.1, 0.15) is 6.04 Å². The van der Waals surface area contributed by atoms with Crippen LogP contribution < -0.4 is 10.6 Å². The Hall–Kier alpha value is -2.69. The van der Waals surface area contributed by atoms with Crippen LogP contribution in [0.15, 0.2) is 0 Å². The topological polar surface area (TPSA) is 189 Å². The molecule has 3 amide bonds. The summed E-state index contributed by atoms with van der Waals surface area (Å²) in [7, 11) is -4.86. The van der Waals surface area contributed by atoms with E-state index in [9.17, 15) is 22.8 Å². The molecule has 4 heterocycles. The van der Waals surface area contributed by atoms with Crippen molar-refractivity contribution in [2.24, 2.45) is 0 Å². The van der Waals surface area contributed by atoms with Crippen molar-refractivity contribution >= 4 is 28.1 Å². The maximum absolute atomic E-state index is 12.6. The van der Waals surface area contributed by atoms with Gasteiger partial charge in [0.15, 0.2) is 11.6 Å². The molecule has 3 aliphatic rings. The number of ketones is 1. The molecule has 0 unspecified atom stereocenters. The Morgan fingerprint density at radius 2 is 2.10 bits per heavy atom. The van der Waals surface area contributed by atoms with Gasteiger partial charge in [0, 0.05) is 13.1 Å². The molecule has 1 aromatic heterocycles. The minimum absolute atomic E-state index is 0.0799. The van der Waals surface area contributed by atoms with E-state index in [0.29, 0.717) is 30.3 Å². The highest BCUT2D eigenvalue weighted by molar-refractivity contribution is 7.80. The first kappa shape index (κ1) is 21.5. The van der Waals surface area contributed by atoms with Gasteiger partial charge in [0.25, 0.3) is 0 Å². The highest BCUT2D eigenvalue weighted by atomic mass is 32.3. The zero-order valence-corrected chi connectivity index (χ0v) is 17.4. The molecule has 15 nitrogen and oxygen atoms in total. The molecule has 3 saturated heterocycles. The maximum atomic E-state index is 12.6. The van der Waals surface area contributed by atoms with Gasteiger partial charge in [0.05, 0.1) is 24.7 Å². The van der Waals surface area contributed by atoms with E-state index in [1.165, 1.54) is 9.70 Å². The van der Waals surface area contributed by atoms with Crippen LogP contribution in [0.25, 0.3) is 0 Å². The Morgan fingerprint density at radius 1 is 1.32 bits per heavy atom. The van der Waals surface area contributed by atoms with Crippen LogP contribution in [0.5, 0.6) is 0 Å². The molecule has 16 heteroatoms. The fraction of sp³-hybridized carbons (Fsp3) is 0.733. The van der Waals surface area contributed by atoms with E-state index in [1.807, 2.05) is 0 Å². The monoisotopic (exact) mass is 458 g/mol. The fourth-order valence-corrected chi connectivity index (χ4v) is 4.50. The molecule has 0 radical (unpaired) electrons. The number of tetrazole rings is 1. The number of rotatable bonds is 7. The summed E-state index contributed by atoms with van der Waals surface area (Å²) in [4.78, 5) is 40.1. The highest BCUT2D eigenvalue weighted by Crippen LogP contribution is 2.30. The van der Waals surface area contributed by atoms with Gasteiger partial charge < -0.3 is 15.5 Å². The molecule has 0 saturated carbocycles. The Morgan fingerprint density at radius 3 is 2.77 bits per heavy atom. The average molecular weight is 458 g/mol. The molecule has 1 aromatic rings. The number of hydrogen-bond acceptors (Lipinski definition) is 10. The second-order valence-electron chi connectivity index (χ2n) is 7.70. The molecular weight excluding hydrogens is 436 g/mol. The first-order chi connectivity index (χ1) is 14.6. The lowest BCUT2D eigenvalue weighted by molar-refractivity contribution is -0.129. The fourth-order valence-electron chi connectivity index (χ4n) is 4.11. The lowest BCUT2D eigenvalue weighted by Crippen LogP contribution is -2.51. The molecule has 0 spiro atoms. The number of hydroxylamine groups is 2. The second-order valence-corrected chi connectivity index (χ2v) is 8.71. The Labute approximate surface area is 177 Å². The number of piperidine rings is 1. The minimum atomic E-state index is -4.86. The van der Waals surface area contributed by atoms with Crippen LogP contribution >= 0.6 is 0 Å². The number of urea groups is 1. The summed E-state index contributed by atoms with van der Waals surface area (Å²) in [5, 5.41) is 18.1. The van der Waals surface area contributed by atoms with E-state index >= 15 is 0 Å². The van der Waals surface area contributed by atoms with Crippen molar-refractivity contribution in [1.82, 2.24) is 40.8 Å².